The molecule has 48 heavy (non-hydrogen) atoms. The van der Waals surface area contributed by atoms with E-state index >= 15 is 0 Å². The molecular weight excluding hydrogens is 634 g/mol. The molecule has 4 heterocycles. The van der Waals surface area contributed by atoms with Crippen molar-refractivity contribution in [3.05, 3.63) is 112 Å². The van der Waals surface area contributed by atoms with Gasteiger partial charge in [-0.1, -0.05) is 43.0 Å². The van der Waals surface area contributed by atoms with Crippen LogP contribution in [0.2, 0.25) is 0 Å². The second kappa shape index (κ2) is 13.7. The maximum atomic E-state index is 14.0. The topological polar surface area (TPSA) is 143 Å². The van der Waals surface area contributed by atoms with E-state index in [1.807, 2.05) is 37.3 Å². The summed E-state index contributed by atoms with van der Waals surface area (Å²) >= 11 is 1.23. The van der Waals surface area contributed by atoms with Gasteiger partial charge in [0.15, 0.2) is 28.2 Å². The van der Waals surface area contributed by atoms with Crippen LogP contribution in [0.15, 0.2) is 89.1 Å². The highest BCUT2D eigenvalue weighted by Gasteiger charge is 2.24. The normalized spacial score (nSPS) is 13.4. The highest BCUT2D eigenvalue weighted by atomic mass is 32.2. The van der Waals surface area contributed by atoms with Gasteiger partial charge in [-0.15, -0.1) is 0 Å². The molecule has 0 saturated carbocycles. The molecule has 5 aromatic rings. The van der Waals surface area contributed by atoms with Gasteiger partial charge in [-0.05, 0) is 59.5 Å². The molecule has 0 aliphatic carbocycles. The van der Waals surface area contributed by atoms with Crippen molar-refractivity contribution >= 4 is 34.5 Å². The lowest BCUT2D eigenvalue weighted by molar-refractivity contribution is -0.120. The lowest BCUT2D eigenvalue weighted by Gasteiger charge is -2.18. The number of amides is 2. The van der Waals surface area contributed by atoms with E-state index in [-0.39, 0.29) is 37.5 Å². The van der Waals surface area contributed by atoms with E-state index in [1.54, 1.807) is 53.4 Å². The molecular formula is C35H31N5O7S. The van der Waals surface area contributed by atoms with Gasteiger partial charge in [0.1, 0.15) is 0 Å². The summed E-state index contributed by atoms with van der Waals surface area (Å²) < 4.78 is 23.4. The van der Waals surface area contributed by atoms with Crippen molar-refractivity contribution in [1.29, 1.82) is 0 Å². The van der Waals surface area contributed by atoms with Gasteiger partial charge in [0.2, 0.25) is 19.5 Å². The minimum absolute atomic E-state index is 0.0626. The largest absolute Gasteiger partial charge is 0.454 e. The number of carbonyl (C=O) groups excluding carboxylic acids is 2. The molecule has 0 unspecified atom stereocenters. The van der Waals surface area contributed by atoms with Crippen LogP contribution in [-0.4, -0.2) is 45.2 Å². The number of fused-ring (bicyclic) bond motifs is 3. The van der Waals surface area contributed by atoms with Gasteiger partial charge in [0, 0.05) is 37.1 Å². The van der Waals surface area contributed by atoms with E-state index in [4.69, 9.17) is 23.9 Å². The summed E-state index contributed by atoms with van der Waals surface area (Å²) in [5.74, 6) is 1.92. The molecule has 7 rings (SSSR count). The quantitative estimate of drug-likeness (QED) is 0.154. The standard InChI is InChI=1S/C35H31N5O7S/c1-2-31(33(42)38-17-23-4-3-11-36-15-23)48-35-39-26-14-30-29(46-20-47-30)13-25(26)34(43)40(35)18-21-5-8-24(9-6-21)32(41)37-16-22-7-10-27-28(12-22)45-19-44-27/h3-15,31H,2,16-20H2,1H3,(H,37,41)(H,38,42)/t31-/m1/s1. The Morgan fingerprint density at radius 1 is 0.854 bits per heavy atom. The van der Waals surface area contributed by atoms with E-state index in [9.17, 15) is 14.4 Å². The number of carbonyl (C=O) groups is 2. The first kappa shape index (κ1) is 31.1. The molecule has 2 amide bonds. The third-order valence-corrected chi connectivity index (χ3v) is 9.32. The molecule has 244 valence electrons. The summed E-state index contributed by atoms with van der Waals surface area (Å²) in [5, 5.41) is 6.15. The first-order chi connectivity index (χ1) is 23.4. The van der Waals surface area contributed by atoms with Crippen LogP contribution in [0.25, 0.3) is 10.9 Å². The van der Waals surface area contributed by atoms with E-state index in [1.165, 1.54) is 11.8 Å². The zero-order chi connectivity index (χ0) is 33.0. The average molecular weight is 666 g/mol. The van der Waals surface area contributed by atoms with Crippen molar-refractivity contribution < 1.29 is 28.5 Å². The van der Waals surface area contributed by atoms with Crippen LogP contribution < -0.4 is 35.1 Å². The fourth-order valence-electron chi connectivity index (χ4n) is 5.35. The van der Waals surface area contributed by atoms with Crippen molar-refractivity contribution in [3.63, 3.8) is 0 Å². The SMILES string of the molecule is CC[C@@H](Sc1nc2cc3c(cc2c(=O)n1Cc1ccc(C(=O)NCc2ccc4c(c2)OCO4)cc1)OCO3)C(=O)NCc1cccnc1. The van der Waals surface area contributed by atoms with Crippen LogP contribution >= 0.6 is 11.8 Å². The Labute approximate surface area is 279 Å². The number of benzene rings is 3. The summed E-state index contributed by atoms with van der Waals surface area (Å²) in [6, 6.07) is 19.6. The van der Waals surface area contributed by atoms with Gasteiger partial charge in [-0.2, -0.15) is 0 Å². The molecule has 12 nitrogen and oxygen atoms in total. The highest BCUT2D eigenvalue weighted by molar-refractivity contribution is 8.00. The summed E-state index contributed by atoms with van der Waals surface area (Å²) in [6.45, 7) is 2.99. The maximum absolute atomic E-state index is 14.0. The average Bonchev–Trinajstić information content (AvgIpc) is 3.79. The van der Waals surface area contributed by atoms with Gasteiger partial charge in [-0.3, -0.25) is 23.9 Å². The van der Waals surface area contributed by atoms with Gasteiger partial charge >= 0.3 is 0 Å². The summed E-state index contributed by atoms with van der Waals surface area (Å²) in [4.78, 5) is 49.1. The Kier molecular flexibility index (Phi) is 8.84. The number of hydrogen-bond donors (Lipinski definition) is 2. The molecule has 0 fully saturated rings. The molecule has 3 aromatic carbocycles. The number of aromatic nitrogens is 3. The Hall–Kier alpha value is -5.56. The lowest BCUT2D eigenvalue weighted by atomic mass is 10.1. The van der Waals surface area contributed by atoms with E-state index in [0.717, 1.165) is 16.7 Å². The third kappa shape index (κ3) is 6.63. The zero-order valence-electron chi connectivity index (χ0n) is 25.9. The maximum Gasteiger partial charge on any atom is 0.262 e. The fraction of sp³-hybridized carbons (Fsp3) is 0.229. The molecule has 0 saturated heterocycles. The molecule has 1 atom stereocenters. The van der Waals surface area contributed by atoms with Crippen molar-refractivity contribution in [2.75, 3.05) is 13.6 Å². The zero-order valence-corrected chi connectivity index (χ0v) is 26.7. The lowest BCUT2D eigenvalue weighted by Crippen LogP contribution is -2.33. The van der Waals surface area contributed by atoms with Crippen molar-refractivity contribution in [2.24, 2.45) is 0 Å². The van der Waals surface area contributed by atoms with Gasteiger partial charge in [-0.25, -0.2) is 4.98 Å². The third-order valence-electron chi connectivity index (χ3n) is 7.96. The van der Waals surface area contributed by atoms with Crippen LogP contribution in [-0.2, 0) is 24.4 Å². The predicted molar refractivity (Wildman–Crippen MR) is 177 cm³/mol. The fourth-order valence-corrected chi connectivity index (χ4v) is 6.39. The number of nitrogens with zero attached hydrogens (tertiary/aromatic N) is 3. The van der Waals surface area contributed by atoms with E-state index in [2.05, 4.69) is 15.6 Å². The molecule has 0 spiro atoms. The van der Waals surface area contributed by atoms with Crippen LogP contribution in [0.4, 0.5) is 0 Å². The molecule has 2 aromatic heterocycles. The van der Waals surface area contributed by atoms with Crippen LogP contribution in [0.3, 0.4) is 0 Å². The second-order valence-corrected chi connectivity index (χ2v) is 12.3. The van der Waals surface area contributed by atoms with E-state index < -0.39 is 5.25 Å². The monoisotopic (exact) mass is 665 g/mol. The number of hydrogen-bond acceptors (Lipinski definition) is 10. The molecule has 0 bridgehead atoms. The summed E-state index contributed by atoms with van der Waals surface area (Å²) in [6.07, 6.45) is 3.89. The van der Waals surface area contributed by atoms with Crippen LogP contribution in [0, 0.1) is 0 Å². The molecule has 2 aliphatic rings. The smallest absolute Gasteiger partial charge is 0.262 e. The first-order valence-corrected chi connectivity index (χ1v) is 16.3. The van der Waals surface area contributed by atoms with Gasteiger partial charge < -0.3 is 29.6 Å². The Morgan fingerprint density at radius 3 is 2.31 bits per heavy atom. The Balaban J connectivity index is 1.11. The number of nitrogens with one attached hydrogen (secondary N) is 2. The van der Waals surface area contributed by atoms with Crippen molar-refractivity contribution in [2.45, 2.75) is 43.4 Å². The first-order valence-electron chi connectivity index (χ1n) is 15.4. The minimum Gasteiger partial charge on any atom is -0.454 e. The minimum atomic E-state index is -0.512. The number of rotatable bonds is 11. The van der Waals surface area contributed by atoms with Crippen molar-refractivity contribution in [1.82, 2.24) is 25.2 Å². The van der Waals surface area contributed by atoms with Crippen LogP contribution in [0.5, 0.6) is 23.0 Å². The van der Waals surface area contributed by atoms with Gasteiger partial charge in [0.05, 0.1) is 22.7 Å². The molecule has 2 N–H and O–H groups in total. The predicted octanol–water partition coefficient (Wildman–Crippen LogP) is 4.41. The second-order valence-electron chi connectivity index (χ2n) is 11.2. The summed E-state index contributed by atoms with van der Waals surface area (Å²) in [7, 11) is 0. The molecule has 2 aliphatic heterocycles. The Bertz CT molecular complexity index is 2050. The van der Waals surface area contributed by atoms with Crippen LogP contribution in [0.1, 0.15) is 40.4 Å². The van der Waals surface area contributed by atoms with Gasteiger partial charge in [0.25, 0.3) is 11.5 Å². The number of ether oxygens (including phenoxy) is 4. The Morgan fingerprint density at radius 2 is 1.56 bits per heavy atom. The molecule has 0 radical (unpaired) electrons. The van der Waals surface area contributed by atoms with Crippen molar-refractivity contribution in [3.8, 4) is 23.0 Å². The van der Waals surface area contributed by atoms with E-state index in [0.29, 0.717) is 64.1 Å². The number of pyridine rings is 1. The summed E-state index contributed by atoms with van der Waals surface area (Å²) in [5.41, 5.74) is 3.19. The number of thioether (sulfide) groups is 1. The molecule has 13 heteroatoms. The highest BCUT2D eigenvalue weighted by Crippen LogP contribution is 2.36.